The number of nitrogens with zero attached hydrogens (tertiary/aromatic N) is 2. The SMILES string of the molecule is CCN1CCC(c2ncc(CC(C)N)o2)C1. The fraction of sp³-hybridized carbons (Fsp3) is 0.750. The number of rotatable bonds is 4. The van der Waals surface area contributed by atoms with E-state index >= 15 is 0 Å². The molecule has 2 atom stereocenters. The molecule has 2 N–H and O–H groups in total. The Hall–Kier alpha value is -0.870. The molecule has 0 bridgehead atoms. The average molecular weight is 223 g/mol. The molecule has 2 unspecified atom stereocenters. The second-order valence-electron chi connectivity index (χ2n) is 4.73. The number of hydrogen-bond donors (Lipinski definition) is 1. The zero-order valence-corrected chi connectivity index (χ0v) is 10.1. The molecule has 2 heterocycles. The molecule has 1 aromatic heterocycles. The Morgan fingerprint density at radius 2 is 2.50 bits per heavy atom. The van der Waals surface area contributed by atoms with E-state index in [9.17, 15) is 0 Å². The molecule has 1 saturated heterocycles. The first-order valence-corrected chi connectivity index (χ1v) is 6.11. The summed E-state index contributed by atoms with van der Waals surface area (Å²) in [5, 5.41) is 0. The molecule has 1 aliphatic heterocycles. The van der Waals surface area contributed by atoms with Crippen molar-refractivity contribution in [2.24, 2.45) is 5.73 Å². The zero-order valence-electron chi connectivity index (χ0n) is 10.1. The highest BCUT2D eigenvalue weighted by molar-refractivity contribution is 5.03. The van der Waals surface area contributed by atoms with E-state index in [0.717, 1.165) is 44.1 Å². The molecule has 1 fully saturated rings. The molecule has 0 amide bonds. The molecule has 0 aliphatic carbocycles. The lowest BCUT2D eigenvalue weighted by atomic mass is 10.1. The first-order valence-electron chi connectivity index (χ1n) is 6.11. The van der Waals surface area contributed by atoms with E-state index in [1.165, 1.54) is 0 Å². The van der Waals surface area contributed by atoms with Crippen LogP contribution in [0.3, 0.4) is 0 Å². The van der Waals surface area contributed by atoms with Crippen molar-refractivity contribution in [2.75, 3.05) is 19.6 Å². The quantitative estimate of drug-likeness (QED) is 0.837. The van der Waals surface area contributed by atoms with Crippen molar-refractivity contribution in [1.29, 1.82) is 0 Å². The van der Waals surface area contributed by atoms with Gasteiger partial charge in [-0.05, 0) is 26.4 Å². The maximum Gasteiger partial charge on any atom is 0.198 e. The Morgan fingerprint density at radius 1 is 1.69 bits per heavy atom. The van der Waals surface area contributed by atoms with Gasteiger partial charge in [-0.2, -0.15) is 0 Å². The van der Waals surface area contributed by atoms with Crippen molar-refractivity contribution < 1.29 is 4.42 Å². The van der Waals surface area contributed by atoms with Crippen LogP contribution in [0, 0.1) is 0 Å². The van der Waals surface area contributed by atoms with Crippen LogP contribution in [0.5, 0.6) is 0 Å². The topological polar surface area (TPSA) is 55.3 Å². The Morgan fingerprint density at radius 3 is 3.12 bits per heavy atom. The lowest BCUT2D eigenvalue weighted by Gasteiger charge is -2.10. The van der Waals surface area contributed by atoms with Crippen LogP contribution in [-0.2, 0) is 6.42 Å². The maximum absolute atomic E-state index is 5.75. The van der Waals surface area contributed by atoms with Crippen LogP contribution in [-0.4, -0.2) is 35.6 Å². The van der Waals surface area contributed by atoms with E-state index in [1.807, 2.05) is 13.1 Å². The minimum atomic E-state index is 0.136. The first-order chi connectivity index (χ1) is 7.69. The molecular formula is C12H21N3O. The number of hydrogen-bond acceptors (Lipinski definition) is 4. The number of aromatic nitrogens is 1. The molecular weight excluding hydrogens is 202 g/mol. The third-order valence-corrected chi connectivity index (χ3v) is 3.16. The van der Waals surface area contributed by atoms with Gasteiger partial charge >= 0.3 is 0 Å². The largest absolute Gasteiger partial charge is 0.445 e. The van der Waals surface area contributed by atoms with Crippen LogP contribution in [0.4, 0.5) is 0 Å². The zero-order chi connectivity index (χ0) is 11.5. The van der Waals surface area contributed by atoms with Crippen molar-refractivity contribution >= 4 is 0 Å². The molecule has 90 valence electrons. The van der Waals surface area contributed by atoms with Crippen LogP contribution in [0.25, 0.3) is 0 Å². The molecule has 0 spiro atoms. The minimum Gasteiger partial charge on any atom is -0.445 e. The molecule has 1 aliphatic rings. The fourth-order valence-electron chi connectivity index (χ4n) is 2.24. The molecule has 0 saturated carbocycles. The van der Waals surface area contributed by atoms with E-state index in [-0.39, 0.29) is 6.04 Å². The van der Waals surface area contributed by atoms with Crippen molar-refractivity contribution in [3.05, 3.63) is 17.8 Å². The highest BCUT2D eigenvalue weighted by Crippen LogP contribution is 2.26. The molecule has 4 heteroatoms. The van der Waals surface area contributed by atoms with E-state index in [2.05, 4.69) is 16.8 Å². The third kappa shape index (κ3) is 2.62. The fourth-order valence-corrected chi connectivity index (χ4v) is 2.24. The monoisotopic (exact) mass is 223 g/mol. The summed E-state index contributed by atoms with van der Waals surface area (Å²) in [5.74, 6) is 2.29. The van der Waals surface area contributed by atoms with Crippen molar-refractivity contribution in [1.82, 2.24) is 9.88 Å². The van der Waals surface area contributed by atoms with Crippen molar-refractivity contribution in [3.63, 3.8) is 0 Å². The summed E-state index contributed by atoms with van der Waals surface area (Å²) >= 11 is 0. The van der Waals surface area contributed by atoms with Crippen LogP contribution < -0.4 is 5.73 Å². The van der Waals surface area contributed by atoms with Gasteiger partial charge in [0.05, 0.1) is 6.20 Å². The summed E-state index contributed by atoms with van der Waals surface area (Å²) < 4.78 is 5.75. The van der Waals surface area contributed by atoms with Gasteiger partial charge in [-0.3, -0.25) is 0 Å². The van der Waals surface area contributed by atoms with Crippen molar-refractivity contribution in [2.45, 2.75) is 38.6 Å². The molecule has 0 aromatic carbocycles. The Kier molecular flexibility index (Phi) is 3.61. The van der Waals surface area contributed by atoms with Gasteiger partial charge in [0, 0.05) is 24.9 Å². The highest BCUT2D eigenvalue weighted by Gasteiger charge is 2.26. The third-order valence-electron chi connectivity index (χ3n) is 3.16. The predicted molar refractivity (Wildman–Crippen MR) is 63.3 cm³/mol. The second kappa shape index (κ2) is 4.97. The van der Waals surface area contributed by atoms with Crippen LogP contribution in [0.2, 0.25) is 0 Å². The Bertz CT molecular complexity index is 335. The number of nitrogens with two attached hydrogens (primary N) is 1. The van der Waals surface area contributed by atoms with Gasteiger partial charge in [-0.1, -0.05) is 6.92 Å². The van der Waals surface area contributed by atoms with Gasteiger partial charge in [0.1, 0.15) is 5.76 Å². The average Bonchev–Trinajstić information content (AvgIpc) is 2.83. The van der Waals surface area contributed by atoms with Crippen LogP contribution in [0.1, 0.15) is 37.8 Å². The number of likely N-dealkylation sites (N-methyl/N-ethyl adjacent to an activating group) is 1. The molecule has 1 aromatic rings. The second-order valence-corrected chi connectivity index (χ2v) is 4.73. The summed E-state index contributed by atoms with van der Waals surface area (Å²) in [6.07, 6.45) is 3.76. The van der Waals surface area contributed by atoms with Gasteiger partial charge in [-0.25, -0.2) is 4.98 Å². The smallest absolute Gasteiger partial charge is 0.198 e. The normalized spacial score (nSPS) is 23.8. The molecule has 2 rings (SSSR count). The van der Waals surface area contributed by atoms with Crippen molar-refractivity contribution in [3.8, 4) is 0 Å². The molecule has 0 radical (unpaired) electrons. The Labute approximate surface area is 96.8 Å². The Balaban J connectivity index is 1.97. The first kappa shape index (κ1) is 11.6. The standard InChI is InChI=1S/C12H21N3O/c1-3-15-5-4-10(8-15)12-14-7-11(16-12)6-9(2)13/h7,9-10H,3-6,8,13H2,1-2H3. The van der Waals surface area contributed by atoms with E-state index in [4.69, 9.17) is 10.2 Å². The van der Waals surface area contributed by atoms with Crippen LogP contribution in [0.15, 0.2) is 10.6 Å². The maximum atomic E-state index is 5.75. The van der Waals surface area contributed by atoms with Crippen LogP contribution >= 0.6 is 0 Å². The van der Waals surface area contributed by atoms with Gasteiger partial charge in [0.2, 0.25) is 0 Å². The predicted octanol–water partition coefficient (Wildman–Crippen LogP) is 1.37. The number of oxazole rings is 1. The lowest BCUT2D eigenvalue weighted by Crippen LogP contribution is -2.19. The van der Waals surface area contributed by atoms with Gasteiger partial charge < -0.3 is 15.1 Å². The summed E-state index contributed by atoms with van der Waals surface area (Å²) in [6.45, 7) is 7.53. The van der Waals surface area contributed by atoms with E-state index in [0.29, 0.717) is 5.92 Å². The molecule has 16 heavy (non-hydrogen) atoms. The van der Waals surface area contributed by atoms with E-state index < -0.39 is 0 Å². The molecule has 4 nitrogen and oxygen atoms in total. The summed E-state index contributed by atoms with van der Waals surface area (Å²) in [6, 6.07) is 0.136. The highest BCUT2D eigenvalue weighted by atomic mass is 16.4. The van der Waals surface area contributed by atoms with E-state index in [1.54, 1.807) is 0 Å². The summed E-state index contributed by atoms with van der Waals surface area (Å²) in [5.41, 5.74) is 5.73. The summed E-state index contributed by atoms with van der Waals surface area (Å²) in [7, 11) is 0. The minimum absolute atomic E-state index is 0.136. The summed E-state index contributed by atoms with van der Waals surface area (Å²) in [4.78, 5) is 6.80. The van der Waals surface area contributed by atoms with Gasteiger partial charge in [-0.15, -0.1) is 0 Å². The lowest BCUT2D eigenvalue weighted by molar-refractivity contribution is 0.341. The van der Waals surface area contributed by atoms with Gasteiger partial charge in [0.15, 0.2) is 5.89 Å². The van der Waals surface area contributed by atoms with Gasteiger partial charge in [0.25, 0.3) is 0 Å². The number of likely N-dealkylation sites (tertiary alicyclic amines) is 1.